The minimum absolute atomic E-state index is 0.486. The zero-order valence-corrected chi connectivity index (χ0v) is 11.6. The van der Waals surface area contributed by atoms with Gasteiger partial charge in [0.15, 0.2) is 4.90 Å². The fraction of sp³-hybridized carbons (Fsp3) is 0.143. The van der Waals surface area contributed by atoms with Crippen LogP contribution in [0.25, 0.3) is 0 Å². The molecule has 0 aliphatic carbocycles. The molecule has 7 heteroatoms. The third-order valence-corrected chi connectivity index (χ3v) is 4.39. The van der Waals surface area contributed by atoms with Gasteiger partial charge in [0.1, 0.15) is 11.6 Å². The van der Waals surface area contributed by atoms with Crippen molar-refractivity contribution in [3.8, 4) is 0 Å². The Morgan fingerprint density at radius 1 is 1.00 bits per heavy atom. The molecule has 112 valence electrons. The minimum Gasteiger partial charge on any atom is -0.394 e. The number of sulfonamides is 1. The van der Waals surface area contributed by atoms with Gasteiger partial charge in [-0.15, -0.1) is 0 Å². The monoisotopic (exact) mass is 313 g/mol. The van der Waals surface area contributed by atoms with Crippen LogP contribution in [0.15, 0.2) is 53.4 Å². The van der Waals surface area contributed by atoms with Crippen molar-refractivity contribution in [1.29, 1.82) is 0 Å². The Balaban J connectivity index is 2.37. The molecule has 0 aromatic heterocycles. The lowest BCUT2D eigenvalue weighted by molar-refractivity contribution is 0.258. The molecule has 0 saturated carbocycles. The first-order chi connectivity index (χ1) is 9.95. The molecule has 1 atom stereocenters. The van der Waals surface area contributed by atoms with Gasteiger partial charge < -0.3 is 5.11 Å². The molecule has 0 saturated heterocycles. The lowest BCUT2D eigenvalue weighted by atomic mass is 10.1. The Kier molecular flexibility index (Phi) is 4.66. The largest absolute Gasteiger partial charge is 0.394 e. The van der Waals surface area contributed by atoms with Gasteiger partial charge >= 0.3 is 0 Å². The van der Waals surface area contributed by atoms with E-state index in [1.165, 1.54) is 0 Å². The van der Waals surface area contributed by atoms with E-state index in [1.807, 2.05) is 0 Å². The lowest BCUT2D eigenvalue weighted by Crippen LogP contribution is -2.32. The van der Waals surface area contributed by atoms with Crippen molar-refractivity contribution in [2.24, 2.45) is 0 Å². The maximum Gasteiger partial charge on any atom is 0.247 e. The van der Waals surface area contributed by atoms with E-state index in [2.05, 4.69) is 4.72 Å². The molecule has 0 amide bonds. The van der Waals surface area contributed by atoms with Crippen LogP contribution in [0.4, 0.5) is 8.78 Å². The van der Waals surface area contributed by atoms with E-state index in [0.29, 0.717) is 5.56 Å². The summed E-state index contributed by atoms with van der Waals surface area (Å²) >= 11 is 0. The Labute approximate surface area is 121 Å². The number of aliphatic hydroxyl groups excluding tert-OH is 1. The standard InChI is InChI=1S/C14H13F2NO3S/c15-11-7-4-8-12(16)14(11)21(19,20)17-13(9-18)10-5-2-1-3-6-10/h1-8,13,17-18H,9H2. The van der Waals surface area contributed by atoms with Crippen LogP contribution in [0.3, 0.4) is 0 Å². The van der Waals surface area contributed by atoms with Crippen molar-refractivity contribution in [2.75, 3.05) is 6.61 Å². The van der Waals surface area contributed by atoms with Crippen molar-refractivity contribution < 1.29 is 22.3 Å². The maximum atomic E-state index is 13.6. The first-order valence-electron chi connectivity index (χ1n) is 6.08. The quantitative estimate of drug-likeness (QED) is 0.887. The molecule has 21 heavy (non-hydrogen) atoms. The van der Waals surface area contributed by atoms with Crippen LogP contribution in [-0.4, -0.2) is 20.1 Å². The van der Waals surface area contributed by atoms with Crippen LogP contribution in [0.2, 0.25) is 0 Å². The molecule has 0 fully saturated rings. The predicted octanol–water partition coefficient (Wildman–Crippen LogP) is 1.98. The van der Waals surface area contributed by atoms with E-state index in [9.17, 15) is 22.3 Å². The van der Waals surface area contributed by atoms with Gasteiger partial charge in [-0.2, -0.15) is 0 Å². The number of hydrogen-bond acceptors (Lipinski definition) is 3. The van der Waals surface area contributed by atoms with E-state index in [4.69, 9.17) is 0 Å². The second-order valence-electron chi connectivity index (χ2n) is 4.32. The van der Waals surface area contributed by atoms with Gasteiger partial charge in [0.05, 0.1) is 12.6 Å². The summed E-state index contributed by atoms with van der Waals surface area (Å²) in [4.78, 5) is -1.06. The fourth-order valence-corrected chi connectivity index (χ4v) is 3.23. The van der Waals surface area contributed by atoms with Crippen LogP contribution in [0.1, 0.15) is 11.6 Å². The van der Waals surface area contributed by atoms with Crippen molar-refractivity contribution >= 4 is 10.0 Å². The summed E-state index contributed by atoms with van der Waals surface area (Å²) in [5, 5.41) is 9.31. The summed E-state index contributed by atoms with van der Waals surface area (Å²) in [6.45, 7) is -0.542. The van der Waals surface area contributed by atoms with Crippen molar-refractivity contribution in [1.82, 2.24) is 4.72 Å². The molecule has 2 aromatic rings. The van der Waals surface area contributed by atoms with Gasteiger partial charge in [-0.05, 0) is 17.7 Å². The van der Waals surface area contributed by atoms with Gasteiger partial charge in [-0.1, -0.05) is 36.4 Å². The first-order valence-corrected chi connectivity index (χ1v) is 7.56. The molecule has 4 nitrogen and oxygen atoms in total. The number of benzene rings is 2. The molecule has 1 unspecified atom stereocenters. The van der Waals surface area contributed by atoms with Gasteiger partial charge in [0, 0.05) is 0 Å². The highest BCUT2D eigenvalue weighted by atomic mass is 32.2. The van der Waals surface area contributed by atoms with E-state index in [-0.39, 0.29) is 0 Å². The van der Waals surface area contributed by atoms with Crippen molar-refractivity contribution in [2.45, 2.75) is 10.9 Å². The molecule has 0 aliphatic rings. The second kappa shape index (κ2) is 6.30. The summed E-state index contributed by atoms with van der Waals surface area (Å²) in [6.07, 6.45) is 0. The fourth-order valence-electron chi connectivity index (χ4n) is 1.88. The highest BCUT2D eigenvalue weighted by molar-refractivity contribution is 7.89. The Morgan fingerprint density at radius 2 is 1.57 bits per heavy atom. The van der Waals surface area contributed by atoms with Crippen LogP contribution >= 0.6 is 0 Å². The number of nitrogens with one attached hydrogen (secondary N) is 1. The summed E-state index contributed by atoms with van der Waals surface area (Å²) in [6, 6.07) is 10.0. The Hall–Kier alpha value is -1.83. The molecular weight excluding hydrogens is 300 g/mol. The molecule has 0 bridgehead atoms. The van der Waals surface area contributed by atoms with Crippen molar-refractivity contribution in [3.05, 3.63) is 65.7 Å². The van der Waals surface area contributed by atoms with Gasteiger partial charge in [0.2, 0.25) is 10.0 Å². The molecular formula is C14H13F2NO3S. The zero-order chi connectivity index (χ0) is 15.5. The van der Waals surface area contributed by atoms with Crippen LogP contribution in [-0.2, 0) is 10.0 Å². The average Bonchev–Trinajstić information content (AvgIpc) is 2.45. The van der Waals surface area contributed by atoms with Crippen LogP contribution < -0.4 is 4.72 Å². The minimum atomic E-state index is -4.44. The summed E-state index contributed by atoms with van der Waals surface area (Å²) < 4.78 is 53.5. The van der Waals surface area contributed by atoms with Gasteiger partial charge in [0.25, 0.3) is 0 Å². The Bertz CT molecular complexity index is 700. The molecule has 0 heterocycles. The van der Waals surface area contributed by atoms with E-state index < -0.39 is 39.2 Å². The average molecular weight is 313 g/mol. The first kappa shape index (κ1) is 15.6. The predicted molar refractivity (Wildman–Crippen MR) is 72.9 cm³/mol. The normalized spacial score (nSPS) is 13.1. The van der Waals surface area contributed by atoms with Crippen LogP contribution in [0.5, 0.6) is 0 Å². The van der Waals surface area contributed by atoms with E-state index >= 15 is 0 Å². The number of halogens is 2. The SMILES string of the molecule is O=S(=O)(NC(CO)c1ccccc1)c1c(F)cccc1F. The van der Waals surface area contributed by atoms with Gasteiger partial charge in [-0.3, -0.25) is 0 Å². The number of aliphatic hydroxyl groups is 1. The molecule has 2 N–H and O–H groups in total. The van der Waals surface area contributed by atoms with E-state index in [1.54, 1.807) is 30.3 Å². The maximum absolute atomic E-state index is 13.6. The third kappa shape index (κ3) is 3.44. The van der Waals surface area contributed by atoms with Gasteiger partial charge in [-0.25, -0.2) is 21.9 Å². The topological polar surface area (TPSA) is 66.4 Å². The highest BCUT2D eigenvalue weighted by Gasteiger charge is 2.27. The molecule has 0 aliphatic heterocycles. The summed E-state index contributed by atoms with van der Waals surface area (Å²) in [7, 11) is -4.44. The van der Waals surface area contributed by atoms with E-state index in [0.717, 1.165) is 18.2 Å². The number of rotatable bonds is 5. The second-order valence-corrected chi connectivity index (χ2v) is 5.97. The zero-order valence-electron chi connectivity index (χ0n) is 10.8. The highest BCUT2D eigenvalue weighted by Crippen LogP contribution is 2.21. The molecule has 2 aromatic carbocycles. The smallest absolute Gasteiger partial charge is 0.247 e. The Morgan fingerprint density at radius 3 is 2.10 bits per heavy atom. The third-order valence-electron chi connectivity index (χ3n) is 2.87. The molecule has 0 radical (unpaired) electrons. The van der Waals surface area contributed by atoms with Crippen LogP contribution in [0, 0.1) is 11.6 Å². The molecule has 2 rings (SSSR count). The summed E-state index contributed by atoms with van der Waals surface area (Å²) in [5.74, 6) is -2.38. The molecule has 0 spiro atoms. The number of hydrogen-bond donors (Lipinski definition) is 2. The lowest BCUT2D eigenvalue weighted by Gasteiger charge is -2.17. The van der Waals surface area contributed by atoms with Crippen molar-refractivity contribution in [3.63, 3.8) is 0 Å². The summed E-state index contributed by atoms with van der Waals surface area (Å²) in [5.41, 5.74) is 0.486.